The smallest absolute Gasteiger partial charge is 0.308 e. The van der Waals surface area contributed by atoms with Gasteiger partial charge in [-0.05, 0) is 24.6 Å². The average Bonchev–Trinajstić information content (AvgIpc) is 2.39. The second-order valence-corrected chi connectivity index (χ2v) is 4.21. The number of para-hydroxylation sites is 1. The van der Waals surface area contributed by atoms with E-state index in [0.717, 1.165) is 10.9 Å². The lowest BCUT2D eigenvalue weighted by Gasteiger charge is -2.11. The van der Waals surface area contributed by atoms with Gasteiger partial charge in [0.2, 0.25) is 0 Å². The molecule has 0 amide bonds. The van der Waals surface area contributed by atoms with Crippen molar-refractivity contribution in [3.8, 4) is 0 Å². The zero-order valence-corrected chi connectivity index (χ0v) is 10.3. The highest BCUT2D eigenvalue weighted by Crippen LogP contribution is 2.15. The van der Waals surface area contributed by atoms with Gasteiger partial charge in [0.05, 0.1) is 11.4 Å². The molecule has 0 aliphatic carbocycles. The van der Waals surface area contributed by atoms with Crippen LogP contribution in [0.15, 0.2) is 36.4 Å². The first-order valence-electron chi connectivity index (χ1n) is 6.03. The Kier molecular flexibility index (Phi) is 3.77. The molecule has 0 aliphatic heterocycles. The Hall–Kier alpha value is -2.10. The molecular weight excluding hydrogens is 228 g/mol. The van der Waals surface area contributed by atoms with Crippen molar-refractivity contribution in [1.29, 1.82) is 0 Å². The number of carboxylic acids is 1. The highest BCUT2D eigenvalue weighted by Gasteiger charge is 2.14. The van der Waals surface area contributed by atoms with E-state index in [4.69, 9.17) is 5.11 Å². The lowest BCUT2D eigenvalue weighted by Crippen LogP contribution is -2.22. The molecule has 1 heterocycles. The normalized spacial score (nSPS) is 12.3. The van der Waals surface area contributed by atoms with E-state index in [9.17, 15) is 4.79 Å². The summed E-state index contributed by atoms with van der Waals surface area (Å²) in [6.07, 6.45) is 0.607. The van der Waals surface area contributed by atoms with Crippen LogP contribution in [-0.2, 0) is 4.79 Å². The molecule has 2 aromatic rings. The maximum absolute atomic E-state index is 10.9. The molecule has 0 fully saturated rings. The summed E-state index contributed by atoms with van der Waals surface area (Å²) in [6.45, 7) is 2.27. The van der Waals surface area contributed by atoms with E-state index < -0.39 is 5.97 Å². The first-order chi connectivity index (χ1) is 8.70. The van der Waals surface area contributed by atoms with Crippen LogP contribution in [0.5, 0.6) is 0 Å². The number of carboxylic acid groups (broad SMARTS) is 1. The van der Waals surface area contributed by atoms with Crippen LogP contribution < -0.4 is 5.32 Å². The molecule has 1 unspecified atom stereocenters. The molecule has 2 N–H and O–H groups in total. The predicted octanol–water partition coefficient (Wildman–Crippen LogP) is 2.76. The van der Waals surface area contributed by atoms with Crippen molar-refractivity contribution in [3.05, 3.63) is 36.4 Å². The van der Waals surface area contributed by atoms with Gasteiger partial charge in [-0.2, -0.15) is 0 Å². The van der Waals surface area contributed by atoms with Crippen LogP contribution in [-0.4, -0.2) is 22.6 Å². The van der Waals surface area contributed by atoms with E-state index in [2.05, 4.69) is 10.3 Å². The Labute approximate surface area is 106 Å². The number of rotatable bonds is 5. The van der Waals surface area contributed by atoms with Crippen LogP contribution >= 0.6 is 0 Å². The van der Waals surface area contributed by atoms with E-state index in [-0.39, 0.29) is 5.92 Å². The van der Waals surface area contributed by atoms with Crippen LogP contribution in [0.25, 0.3) is 10.9 Å². The third-order valence-electron chi connectivity index (χ3n) is 2.97. The second kappa shape index (κ2) is 5.49. The third kappa shape index (κ3) is 2.77. The van der Waals surface area contributed by atoms with Gasteiger partial charge in [0.1, 0.15) is 5.82 Å². The standard InChI is InChI=1S/C14H16N2O2/c1-2-10(14(17)18)9-15-13-8-7-11-5-3-4-6-12(11)16-13/h3-8,10H,2,9H2,1H3,(H,15,16)(H,17,18). The largest absolute Gasteiger partial charge is 0.481 e. The van der Waals surface area contributed by atoms with Gasteiger partial charge in [-0.1, -0.05) is 25.1 Å². The fraction of sp³-hybridized carbons (Fsp3) is 0.286. The third-order valence-corrected chi connectivity index (χ3v) is 2.97. The van der Waals surface area contributed by atoms with Gasteiger partial charge in [-0.3, -0.25) is 4.79 Å². The van der Waals surface area contributed by atoms with Gasteiger partial charge < -0.3 is 10.4 Å². The summed E-state index contributed by atoms with van der Waals surface area (Å²) >= 11 is 0. The molecule has 18 heavy (non-hydrogen) atoms. The molecule has 94 valence electrons. The van der Waals surface area contributed by atoms with Crippen LogP contribution in [0.2, 0.25) is 0 Å². The molecule has 1 aromatic carbocycles. The first-order valence-corrected chi connectivity index (χ1v) is 6.03. The van der Waals surface area contributed by atoms with Crippen molar-refractivity contribution in [2.45, 2.75) is 13.3 Å². The summed E-state index contributed by atoms with van der Waals surface area (Å²) in [5, 5.41) is 13.1. The Morgan fingerprint density at radius 3 is 2.83 bits per heavy atom. The lowest BCUT2D eigenvalue weighted by atomic mass is 10.1. The minimum atomic E-state index is -0.772. The van der Waals surface area contributed by atoms with Gasteiger partial charge in [0.25, 0.3) is 0 Å². The summed E-state index contributed by atoms with van der Waals surface area (Å²) in [4.78, 5) is 15.3. The van der Waals surface area contributed by atoms with Crippen molar-refractivity contribution < 1.29 is 9.90 Å². The van der Waals surface area contributed by atoms with E-state index >= 15 is 0 Å². The Bertz CT molecular complexity index is 554. The number of nitrogens with zero attached hydrogens (tertiary/aromatic N) is 1. The average molecular weight is 244 g/mol. The Balaban J connectivity index is 2.10. The van der Waals surface area contributed by atoms with Gasteiger partial charge in [-0.15, -0.1) is 0 Å². The fourth-order valence-corrected chi connectivity index (χ4v) is 1.80. The number of nitrogens with one attached hydrogen (secondary N) is 1. The number of pyridine rings is 1. The number of hydrogen-bond acceptors (Lipinski definition) is 3. The Morgan fingerprint density at radius 2 is 2.11 bits per heavy atom. The summed E-state index contributed by atoms with van der Waals surface area (Å²) in [5.74, 6) is -0.433. The maximum atomic E-state index is 10.9. The zero-order chi connectivity index (χ0) is 13.0. The van der Waals surface area contributed by atoms with E-state index in [1.807, 2.05) is 43.3 Å². The van der Waals surface area contributed by atoms with Gasteiger partial charge in [-0.25, -0.2) is 4.98 Å². The van der Waals surface area contributed by atoms with E-state index in [1.165, 1.54) is 0 Å². The predicted molar refractivity (Wildman–Crippen MR) is 71.6 cm³/mol. The number of aromatic nitrogens is 1. The number of hydrogen-bond donors (Lipinski definition) is 2. The summed E-state index contributed by atoms with van der Waals surface area (Å²) in [5.41, 5.74) is 0.908. The lowest BCUT2D eigenvalue weighted by molar-refractivity contribution is -0.141. The number of carbonyl (C=O) groups is 1. The van der Waals surface area contributed by atoms with Crippen molar-refractivity contribution in [1.82, 2.24) is 4.98 Å². The molecule has 1 atom stereocenters. The quantitative estimate of drug-likeness (QED) is 0.849. The zero-order valence-electron chi connectivity index (χ0n) is 10.3. The van der Waals surface area contributed by atoms with E-state index in [1.54, 1.807) is 0 Å². The number of benzene rings is 1. The van der Waals surface area contributed by atoms with Crippen LogP contribution in [0.4, 0.5) is 5.82 Å². The van der Waals surface area contributed by atoms with Crippen molar-refractivity contribution in [2.75, 3.05) is 11.9 Å². The van der Waals surface area contributed by atoms with Crippen molar-refractivity contribution in [2.24, 2.45) is 5.92 Å². The summed E-state index contributed by atoms with van der Waals surface area (Å²) in [6, 6.07) is 11.7. The van der Waals surface area contributed by atoms with Gasteiger partial charge >= 0.3 is 5.97 Å². The fourth-order valence-electron chi connectivity index (χ4n) is 1.80. The van der Waals surface area contributed by atoms with Crippen molar-refractivity contribution in [3.63, 3.8) is 0 Å². The molecule has 0 radical (unpaired) electrons. The van der Waals surface area contributed by atoms with E-state index in [0.29, 0.717) is 18.8 Å². The second-order valence-electron chi connectivity index (χ2n) is 4.21. The van der Waals surface area contributed by atoms with Crippen LogP contribution in [0.1, 0.15) is 13.3 Å². The first kappa shape index (κ1) is 12.4. The topological polar surface area (TPSA) is 62.2 Å². The minimum absolute atomic E-state index is 0.377. The molecule has 4 nitrogen and oxygen atoms in total. The molecule has 0 bridgehead atoms. The maximum Gasteiger partial charge on any atom is 0.308 e. The Morgan fingerprint density at radius 1 is 1.33 bits per heavy atom. The minimum Gasteiger partial charge on any atom is -0.481 e. The number of anilines is 1. The number of aliphatic carboxylic acids is 1. The highest BCUT2D eigenvalue weighted by molar-refractivity contribution is 5.80. The van der Waals surface area contributed by atoms with Crippen molar-refractivity contribution >= 4 is 22.7 Å². The molecular formula is C14H16N2O2. The van der Waals surface area contributed by atoms with Crippen LogP contribution in [0.3, 0.4) is 0 Å². The molecule has 2 rings (SSSR count). The highest BCUT2D eigenvalue weighted by atomic mass is 16.4. The number of fused-ring (bicyclic) bond motifs is 1. The summed E-state index contributed by atoms with van der Waals surface area (Å²) in [7, 11) is 0. The molecule has 0 spiro atoms. The SMILES string of the molecule is CCC(CNc1ccc2ccccc2n1)C(=O)O. The van der Waals surface area contributed by atoms with Gasteiger partial charge in [0, 0.05) is 11.9 Å². The van der Waals surface area contributed by atoms with Crippen LogP contribution in [0, 0.1) is 5.92 Å². The summed E-state index contributed by atoms with van der Waals surface area (Å²) < 4.78 is 0. The molecule has 0 saturated carbocycles. The monoisotopic (exact) mass is 244 g/mol. The molecule has 0 aliphatic rings. The van der Waals surface area contributed by atoms with Gasteiger partial charge in [0.15, 0.2) is 0 Å². The molecule has 0 saturated heterocycles. The molecule has 4 heteroatoms. The molecule has 1 aromatic heterocycles.